The average Bonchev–Trinajstić information content (AvgIpc) is 2.58. The van der Waals surface area contributed by atoms with Crippen LogP contribution in [0.4, 0.5) is 0 Å². The minimum absolute atomic E-state index is 0.315. The lowest BCUT2D eigenvalue weighted by Crippen LogP contribution is -2.39. The third-order valence-electron chi connectivity index (χ3n) is 4.10. The zero-order valence-corrected chi connectivity index (χ0v) is 14.8. The Kier molecular flexibility index (Phi) is 6.67. The van der Waals surface area contributed by atoms with Crippen molar-refractivity contribution in [2.75, 3.05) is 20.6 Å². The molecule has 0 bridgehead atoms. The Morgan fingerprint density at radius 1 is 1.12 bits per heavy atom. The molecule has 2 aromatic rings. The van der Waals surface area contributed by atoms with E-state index in [1.807, 2.05) is 19.2 Å². The van der Waals surface area contributed by atoms with Gasteiger partial charge in [-0.3, -0.25) is 4.99 Å². The molecule has 0 saturated heterocycles. The van der Waals surface area contributed by atoms with E-state index in [0.29, 0.717) is 5.75 Å². The van der Waals surface area contributed by atoms with Gasteiger partial charge in [-0.2, -0.15) is 0 Å². The van der Waals surface area contributed by atoms with Crippen LogP contribution in [-0.4, -0.2) is 36.6 Å². The van der Waals surface area contributed by atoms with Gasteiger partial charge in [0, 0.05) is 27.2 Å². The number of phenolic OH excluding ortho intramolecular Hbond substituents is 1. The second-order valence-electron chi connectivity index (χ2n) is 6.03. The number of benzene rings is 2. The van der Waals surface area contributed by atoms with E-state index in [4.69, 9.17) is 0 Å². The Bertz CT molecular complexity index is 665. The second kappa shape index (κ2) is 8.96. The third kappa shape index (κ3) is 5.30. The number of aromatic hydroxyl groups is 1. The first kappa shape index (κ1) is 17.9. The molecule has 4 heteroatoms. The van der Waals surface area contributed by atoms with Crippen molar-refractivity contribution < 1.29 is 5.11 Å². The molecule has 0 aliphatic rings. The van der Waals surface area contributed by atoms with Crippen LogP contribution in [0.1, 0.15) is 23.1 Å². The molecular formula is C20H27N3O. The van der Waals surface area contributed by atoms with Crippen molar-refractivity contribution in [3.8, 4) is 5.75 Å². The van der Waals surface area contributed by atoms with Crippen LogP contribution in [0, 0.1) is 6.92 Å². The molecule has 128 valence electrons. The Balaban J connectivity index is 1.79. The Labute approximate surface area is 144 Å². The molecule has 2 aromatic carbocycles. The molecule has 0 aliphatic carbocycles. The van der Waals surface area contributed by atoms with Crippen molar-refractivity contribution in [1.82, 2.24) is 10.2 Å². The lowest BCUT2D eigenvalue weighted by Gasteiger charge is -2.23. The van der Waals surface area contributed by atoms with Crippen LogP contribution in [0.15, 0.2) is 53.5 Å². The topological polar surface area (TPSA) is 47.9 Å². The molecule has 2 N–H and O–H groups in total. The molecule has 0 amide bonds. The van der Waals surface area contributed by atoms with E-state index >= 15 is 0 Å². The van der Waals surface area contributed by atoms with Gasteiger partial charge in [-0.1, -0.05) is 36.4 Å². The molecule has 0 fully saturated rings. The second-order valence-corrected chi connectivity index (χ2v) is 6.03. The van der Waals surface area contributed by atoms with E-state index in [9.17, 15) is 5.11 Å². The van der Waals surface area contributed by atoms with Crippen LogP contribution in [0.5, 0.6) is 5.75 Å². The SMILES string of the molecule is CN=C(NCCCc1ccc(O)cc1)N(C)Cc1ccccc1C. The summed E-state index contributed by atoms with van der Waals surface area (Å²) in [5, 5.41) is 12.7. The highest BCUT2D eigenvalue weighted by molar-refractivity contribution is 5.79. The number of aliphatic imine (C=N–C) groups is 1. The maximum atomic E-state index is 9.30. The van der Waals surface area contributed by atoms with Gasteiger partial charge in [-0.15, -0.1) is 0 Å². The molecule has 0 radical (unpaired) electrons. The van der Waals surface area contributed by atoms with Crippen LogP contribution in [0.2, 0.25) is 0 Å². The number of aryl methyl sites for hydroxylation is 2. The quantitative estimate of drug-likeness (QED) is 0.486. The highest BCUT2D eigenvalue weighted by Gasteiger charge is 2.07. The minimum atomic E-state index is 0.315. The fraction of sp³-hybridized carbons (Fsp3) is 0.350. The summed E-state index contributed by atoms with van der Waals surface area (Å²) in [5.74, 6) is 1.22. The monoisotopic (exact) mass is 325 g/mol. The maximum absolute atomic E-state index is 9.30. The fourth-order valence-corrected chi connectivity index (χ4v) is 2.66. The molecule has 0 atom stereocenters. The van der Waals surface area contributed by atoms with Crippen LogP contribution < -0.4 is 5.32 Å². The van der Waals surface area contributed by atoms with Crippen molar-refractivity contribution >= 4 is 5.96 Å². The highest BCUT2D eigenvalue weighted by atomic mass is 16.3. The van der Waals surface area contributed by atoms with Gasteiger partial charge in [0.15, 0.2) is 5.96 Å². The molecule has 24 heavy (non-hydrogen) atoms. The van der Waals surface area contributed by atoms with Crippen LogP contribution in [0.25, 0.3) is 0 Å². The number of rotatable bonds is 6. The van der Waals surface area contributed by atoms with E-state index in [1.165, 1.54) is 16.7 Å². The van der Waals surface area contributed by atoms with Gasteiger partial charge in [-0.25, -0.2) is 0 Å². The Morgan fingerprint density at radius 3 is 2.50 bits per heavy atom. The standard InChI is InChI=1S/C20H27N3O/c1-16-7-4-5-9-18(16)15-23(3)20(21-2)22-14-6-8-17-10-12-19(24)13-11-17/h4-5,7,9-13,24H,6,8,14-15H2,1-3H3,(H,21,22). The van der Waals surface area contributed by atoms with Gasteiger partial charge in [0.05, 0.1) is 0 Å². The van der Waals surface area contributed by atoms with E-state index in [1.54, 1.807) is 12.1 Å². The molecule has 2 rings (SSSR count). The van der Waals surface area contributed by atoms with Crippen molar-refractivity contribution in [3.05, 3.63) is 65.2 Å². The number of guanidine groups is 1. The van der Waals surface area contributed by atoms with Crippen LogP contribution >= 0.6 is 0 Å². The zero-order chi connectivity index (χ0) is 17.4. The van der Waals surface area contributed by atoms with Crippen LogP contribution in [-0.2, 0) is 13.0 Å². The lowest BCUT2D eigenvalue weighted by atomic mass is 10.1. The predicted molar refractivity (Wildman–Crippen MR) is 100 cm³/mol. The lowest BCUT2D eigenvalue weighted by molar-refractivity contribution is 0.474. The van der Waals surface area contributed by atoms with Crippen molar-refractivity contribution in [3.63, 3.8) is 0 Å². The van der Waals surface area contributed by atoms with Gasteiger partial charge in [-0.05, 0) is 48.6 Å². The minimum Gasteiger partial charge on any atom is -0.508 e. The molecule has 0 aromatic heterocycles. The molecule has 0 saturated carbocycles. The highest BCUT2D eigenvalue weighted by Crippen LogP contribution is 2.11. The molecule has 0 spiro atoms. The fourth-order valence-electron chi connectivity index (χ4n) is 2.66. The van der Waals surface area contributed by atoms with E-state index < -0.39 is 0 Å². The molecule has 4 nitrogen and oxygen atoms in total. The normalized spacial score (nSPS) is 11.4. The first-order valence-electron chi connectivity index (χ1n) is 8.34. The van der Waals surface area contributed by atoms with Gasteiger partial charge in [0.2, 0.25) is 0 Å². The van der Waals surface area contributed by atoms with Crippen molar-refractivity contribution in [1.29, 1.82) is 0 Å². The average molecular weight is 325 g/mol. The summed E-state index contributed by atoms with van der Waals surface area (Å²) in [7, 11) is 3.87. The van der Waals surface area contributed by atoms with E-state index in [2.05, 4.69) is 53.4 Å². The van der Waals surface area contributed by atoms with E-state index in [0.717, 1.165) is 31.9 Å². The summed E-state index contributed by atoms with van der Waals surface area (Å²) >= 11 is 0. The maximum Gasteiger partial charge on any atom is 0.193 e. The number of phenols is 1. The van der Waals surface area contributed by atoms with Gasteiger partial charge < -0.3 is 15.3 Å². The van der Waals surface area contributed by atoms with E-state index in [-0.39, 0.29) is 0 Å². The largest absolute Gasteiger partial charge is 0.508 e. The summed E-state index contributed by atoms with van der Waals surface area (Å²) in [6.45, 7) is 3.84. The molecular weight excluding hydrogens is 298 g/mol. The number of hydrogen-bond acceptors (Lipinski definition) is 2. The molecule has 0 heterocycles. The summed E-state index contributed by atoms with van der Waals surface area (Å²) < 4.78 is 0. The molecule has 0 unspecified atom stereocenters. The van der Waals surface area contributed by atoms with Crippen molar-refractivity contribution in [2.24, 2.45) is 4.99 Å². The van der Waals surface area contributed by atoms with Gasteiger partial charge in [0.25, 0.3) is 0 Å². The van der Waals surface area contributed by atoms with Gasteiger partial charge >= 0.3 is 0 Å². The predicted octanol–water partition coefficient (Wildman–Crippen LogP) is 3.34. The molecule has 0 aliphatic heterocycles. The van der Waals surface area contributed by atoms with Gasteiger partial charge in [0.1, 0.15) is 5.75 Å². The Morgan fingerprint density at radius 2 is 1.83 bits per heavy atom. The number of hydrogen-bond donors (Lipinski definition) is 2. The summed E-state index contributed by atoms with van der Waals surface area (Å²) in [5.41, 5.74) is 3.84. The summed E-state index contributed by atoms with van der Waals surface area (Å²) in [6, 6.07) is 15.8. The number of nitrogens with zero attached hydrogens (tertiary/aromatic N) is 2. The third-order valence-corrected chi connectivity index (χ3v) is 4.10. The Hall–Kier alpha value is -2.49. The zero-order valence-electron chi connectivity index (χ0n) is 14.8. The summed E-state index contributed by atoms with van der Waals surface area (Å²) in [6.07, 6.45) is 1.99. The first-order chi connectivity index (χ1) is 11.6. The van der Waals surface area contributed by atoms with Crippen LogP contribution in [0.3, 0.4) is 0 Å². The van der Waals surface area contributed by atoms with Crippen molar-refractivity contribution in [2.45, 2.75) is 26.3 Å². The first-order valence-corrected chi connectivity index (χ1v) is 8.34. The summed E-state index contributed by atoms with van der Waals surface area (Å²) in [4.78, 5) is 6.51. The smallest absolute Gasteiger partial charge is 0.193 e. The number of nitrogens with one attached hydrogen (secondary N) is 1.